The molecule has 0 aliphatic carbocycles. The Morgan fingerprint density at radius 2 is 2.27 bits per heavy atom. The molecule has 4 nitrogen and oxygen atoms in total. The number of carboxylic acid groups (broad SMARTS) is 1. The molecule has 0 spiro atoms. The van der Waals surface area contributed by atoms with Crippen molar-refractivity contribution >= 4 is 6.09 Å². The van der Waals surface area contributed by atoms with Gasteiger partial charge >= 0.3 is 6.09 Å². The topological polar surface area (TPSA) is 66.6 Å². The summed E-state index contributed by atoms with van der Waals surface area (Å²) in [6.07, 6.45) is 0.631. The molecule has 0 bridgehead atoms. The third kappa shape index (κ3) is 1.83. The highest BCUT2D eigenvalue weighted by Crippen LogP contribution is 2.18. The molecule has 64 valence electrons. The van der Waals surface area contributed by atoms with E-state index in [1.165, 1.54) is 4.90 Å². The van der Waals surface area contributed by atoms with E-state index in [4.69, 9.17) is 10.8 Å². The fraction of sp³-hybridized carbons (Fsp3) is 0.857. The standard InChI is InChI=1S/C7H14N2O2/c1-5-2-3-6(8)9(4-5)7(10)11/h5-6H,2-4,8H2,1H3,(H,10,11). The molecule has 1 fully saturated rings. The first kappa shape index (κ1) is 8.33. The van der Waals surface area contributed by atoms with Crippen LogP contribution >= 0.6 is 0 Å². The molecule has 2 atom stereocenters. The predicted molar refractivity (Wildman–Crippen MR) is 41.1 cm³/mol. The smallest absolute Gasteiger partial charge is 0.408 e. The number of rotatable bonds is 0. The molecule has 1 rings (SSSR count). The molecular formula is C7H14N2O2. The second-order valence-corrected chi connectivity index (χ2v) is 3.18. The second-order valence-electron chi connectivity index (χ2n) is 3.18. The van der Waals surface area contributed by atoms with Crippen molar-refractivity contribution in [3.8, 4) is 0 Å². The molecule has 0 radical (unpaired) electrons. The van der Waals surface area contributed by atoms with Crippen molar-refractivity contribution in [3.05, 3.63) is 0 Å². The number of nitrogens with two attached hydrogens (primary N) is 1. The number of hydrogen-bond donors (Lipinski definition) is 2. The van der Waals surface area contributed by atoms with E-state index < -0.39 is 6.09 Å². The van der Waals surface area contributed by atoms with Gasteiger partial charge in [-0.25, -0.2) is 4.79 Å². The summed E-state index contributed by atoms with van der Waals surface area (Å²) in [5.74, 6) is 0.450. The summed E-state index contributed by atoms with van der Waals surface area (Å²) in [5, 5.41) is 8.67. The summed E-state index contributed by atoms with van der Waals surface area (Å²) in [7, 11) is 0. The summed E-state index contributed by atoms with van der Waals surface area (Å²) in [4.78, 5) is 11.9. The summed E-state index contributed by atoms with van der Waals surface area (Å²) in [6.45, 7) is 2.62. The first-order valence-corrected chi connectivity index (χ1v) is 3.86. The SMILES string of the molecule is CC1CCC(N)N(C(=O)O)C1. The molecule has 0 saturated carbocycles. The Morgan fingerprint density at radius 1 is 1.64 bits per heavy atom. The zero-order valence-electron chi connectivity index (χ0n) is 6.66. The van der Waals surface area contributed by atoms with Crippen LogP contribution in [0, 0.1) is 5.92 Å². The normalized spacial score (nSPS) is 32.0. The van der Waals surface area contributed by atoms with Gasteiger partial charge in [0.25, 0.3) is 0 Å². The van der Waals surface area contributed by atoms with E-state index in [0.29, 0.717) is 12.5 Å². The first-order chi connectivity index (χ1) is 5.11. The minimum Gasteiger partial charge on any atom is -0.465 e. The van der Waals surface area contributed by atoms with Crippen LogP contribution in [-0.4, -0.2) is 28.8 Å². The fourth-order valence-corrected chi connectivity index (χ4v) is 1.39. The zero-order valence-corrected chi connectivity index (χ0v) is 6.66. The Morgan fingerprint density at radius 3 is 2.73 bits per heavy atom. The van der Waals surface area contributed by atoms with Crippen LogP contribution in [0.15, 0.2) is 0 Å². The third-order valence-electron chi connectivity index (χ3n) is 2.11. The van der Waals surface area contributed by atoms with Crippen LogP contribution in [0.1, 0.15) is 19.8 Å². The van der Waals surface area contributed by atoms with Gasteiger partial charge in [0, 0.05) is 6.54 Å². The Hall–Kier alpha value is -0.770. The number of likely N-dealkylation sites (tertiary alicyclic amines) is 1. The van der Waals surface area contributed by atoms with Gasteiger partial charge < -0.3 is 10.8 Å². The molecule has 2 unspecified atom stereocenters. The highest BCUT2D eigenvalue weighted by molar-refractivity contribution is 5.65. The average Bonchev–Trinajstić information content (AvgIpc) is 1.94. The number of piperidine rings is 1. The maximum Gasteiger partial charge on any atom is 0.408 e. The molecule has 4 heteroatoms. The maximum absolute atomic E-state index is 10.6. The summed E-state index contributed by atoms with van der Waals surface area (Å²) >= 11 is 0. The van der Waals surface area contributed by atoms with Crippen LogP contribution in [0.4, 0.5) is 4.79 Å². The van der Waals surface area contributed by atoms with Crippen LogP contribution < -0.4 is 5.73 Å². The van der Waals surface area contributed by atoms with Gasteiger partial charge in [0.05, 0.1) is 6.17 Å². The van der Waals surface area contributed by atoms with E-state index in [2.05, 4.69) is 0 Å². The van der Waals surface area contributed by atoms with Crippen molar-refractivity contribution in [2.45, 2.75) is 25.9 Å². The lowest BCUT2D eigenvalue weighted by atomic mass is 9.99. The van der Waals surface area contributed by atoms with Gasteiger partial charge in [-0.15, -0.1) is 0 Å². The highest BCUT2D eigenvalue weighted by Gasteiger charge is 2.26. The zero-order chi connectivity index (χ0) is 8.43. The number of amides is 1. The van der Waals surface area contributed by atoms with Gasteiger partial charge in [0.15, 0.2) is 0 Å². The van der Waals surface area contributed by atoms with Crippen LogP contribution in [-0.2, 0) is 0 Å². The molecule has 1 aliphatic rings. The highest BCUT2D eigenvalue weighted by atomic mass is 16.4. The lowest BCUT2D eigenvalue weighted by Gasteiger charge is -2.34. The van der Waals surface area contributed by atoms with E-state index in [0.717, 1.165) is 12.8 Å². The van der Waals surface area contributed by atoms with Crippen LogP contribution in [0.25, 0.3) is 0 Å². The van der Waals surface area contributed by atoms with Gasteiger partial charge in [-0.05, 0) is 18.8 Å². The van der Waals surface area contributed by atoms with Gasteiger partial charge in [-0.1, -0.05) is 6.92 Å². The minimum absolute atomic E-state index is 0.288. The Kier molecular flexibility index (Phi) is 2.34. The van der Waals surface area contributed by atoms with Gasteiger partial charge in [-0.2, -0.15) is 0 Å². The van der Waals surface area contributed by atoms with Crippen LogP contribution in [0.2, 0.25) is 0 Å². The fourth-order valence-electron chi connectivity index (χ4n) is 1.39. The van der Waals surface area contributed by atoms with Crippen molar-refractivity contribution in [3.63, 3.8) is 0 Å². The van der Waals surface area contributed by atoms with E-state index in [-0.39, 0.29) is 6.17 Å². The molecule has 0 aromatic carbocycles. The third-order valence-corrected chi connectivity index (χ3v) is 2.11. The van der Waals surface area contributed by atoms with Crippen molar-refractivity contribution in [1.29, 1.82) is 0 Å². The Bertz CT molecular complexity index is 161. The molecule has 1 aliphatic heterocycles. The monoisotopic (exact) mass is 158 g/mol. The Balaban J connectivity index is 2.54. The summed E-state index contributed by atoms with van der Waals surface area (Å²) < 4.78 is 0. The van der Waals surface area contributed by atoms with Gasteiger partial charge in [0.1, 0.15) is 0 Å². The molecule has 1 heterocycles. The second kappa shape index (κ2) is 3.09. The number of hydrogen-bond acceptors (Lipinski definition) is 2. The van der Waals surface area contributed by atoms with E-state index in [9.17, 15) is 4.79 Å². The molecule has 1 amide bonds. The van der Waals surface area contributed by atoms with E-state index in [1.54, 1.807) is 0 Å². The molecule has 0 aromatic rings. The molecule has 0 aromatic heterocycles. The van der Waals surface area contributed by atoms with E-state index in [1.807, 2.05) is 6.92 Å². The van der Waals surface area contributed by atoms with E-state index >= 15 is 0 Å². The molecule has 1 saturated heterocycles. The van der Waals surface area contributed by atoms with Crippen molar-refractivity contribution in [2.24, 2.45) is 11.7 Å². The van der Waals surface area contributed by atoms with Crippen molar-refractivity contribution in [2.75, 3.05) is 6.54 Å². The van der Waals surface area contributed by atoms with Gasteiger partial charge in [-0.3, -0.25) is 4.90 Å². The maximum atomic E-state index is 10.6. The first-order valence-electron chi connectivity index (χ1n) is 3.86. The van der Waals surface area contributed by atoms with Crippen LogP contribution in [0.3, 0.4) is 0 Å². The quantitative estimate of drug-likeness (QED) is 0.544. The lowest BCUT2D eigenvalue weighted by Crippen LogP contribution is -2.50. The minimum atomic E-state index is -0.899. The molecule has 11 heavy (non-hydrogen) atoms. The predicted octanol–water partition coefficient (Wildman–Crippen LogP) is 0.681. The van der Waals surface area contributed by atoms with Gasteiger partial charge in [0.2, 0.25) is 0 Å². The Labute approximate surface area is 66.0 Å². The van der Waals surface area contributed by atoms with Crippen LogP contribution in [0.5, 0.6) is 0 Å². The molecular weight excluding hydrogens is 144 g/mol. The van der Waals surface area contributed by atoms with Crippen molar-refractivity contribution in [1.82, 2.24) is 4.90 Å². The lowest BCUT2D eigenvalue weighted by molar-refractivity contribution is 0.0923. The molecule has 3 N–H and O–H groups in total. The number of carbonyl (C=O) groups is 1. The van der Waals surface area contributed by atoms with Crippen molar-refractivity contribution < 1.29 is 9.90 Å². The largest absolute Gasteiger partial charge is 0.465 e. The summed E-state index contributed by atoms with van der Waals surface area (Å²) in [6, 6.07) is 0. The average molecular weight is 158 g/mol. The summed E-state index contributed by atoms with van der Waals surface area (Å²) in [5.41, 5.74) is 5.59. The number of nitrogens with zero attached hydrogens (tertiary/aromatic N) is 1.